The van der Waals surface area contributed by atoms with Crippen LogP contribution in [0.15, 0.2) is 24.3 Å². The average Bonchev–Trinajstić information content (AvgIpc) is 3.06. The Morgan fingerprint density at radius 3 is 3.05 bits per heavy atom. The predicted octanol–water partition coefficient (Wildman–Crippen LogP) is 1.65. The second kappa shape index (κ2) is 6.58. The zero-order valence-electron chi connectivity index (χ0n) is 12.8. The summed E-state index contributed by atoms with van der Waals surface area (Å²) in [5.41, 5.74) is 2.43. The van der Waals surface area contributed by atoms with Crippen LogP contribution in [-0.2, 0) is 11.2 Å². The van der Waals surface area contributed by atoms with E-state index >= 15 is 0 Å². The Hall–Kier alpha value is -1.39. The summed E-state index contributed by atoms with van der Waals surface area (Å²) < 4.78 is 0. The van der Waals surface area contributed by atoms with E-state index < -0.39 is 0 Å². The van der Waals surface area contributed by atoms with Crippen molar-refractivity contribution in [1.29, 1.82) is 0 Å². The van der Waals surface area contributed by atoms with E-state index in [1.54, 1.807) is 0 Å². The van der Waals surface area contributed by atoms with Crippen molar-refractivity contribution < 1.29 is 4.79 Å². The van der Waals surface area contributed by atoms with Gasteiger partial charge in [-0.1, -0.05) is 25.1 Å². The molecule has 21 heavy (non-hydrogen) atoms. The molecule has 0 spiro atoms. The number of anilines is 1. The van der Waals surface area contributed by atoms with Crippen LogP contribution in [0.3, 0.4) is 0 Å². The van der Waals surface area contributed by atoms with Crippen molar-refractivity contribution in [1.82, 2.24) is 10.2 Å². The maximum absolute atomic E-state index is 12.8. The van der Waals surface area contributed by atoms with Gasteiger partial charge in [0.1, 0.15) is 0 Å². The minimum atomic E-state index is 0.246. The molecule has 114 valence electrons. The van der Waals surface area contributed by atoms with Crippen molar-refractivity contribution in [3.63, 3.8) is 0 Å². The Balaban J connectivity index is 1.70. The summed E-state index contributed by atoms with van der Waals surface area (Å²) >= 11 is 0. The standard InChI is InChI=1S/C17H25N3O/c1-2-19(15-9-10-18-12-15)13-17(21)20-11-5-7-14-6-3-4-8-16(14)20/h3-4,6,8,15,18H,2,5,7,9-13H2,1H3. The van der Waals surface area contributed by atoms with Crippen LogP contribution in [-0.4, -0.2) is 49.6 Å². The molecule has 1 amide bonds. The Labute approximate surface area is 127 Å². The highest BCUT2D eigenvalue weighted by Crippen LogP contribution is 2.27. The van der Waals surface area contributed by atoms with Gasteiger partial charge in [0.15, 0.2) is 0 Å². The third kappa shape index (κ3) is 3.11. The second-order valence-corrected chi connectivity index (χ2v) is 5.99. The highest BCUT2D eigenvalue weighted by atomic mass is 16.2. The number of hydrogen-bond acceptors (Lipinski definition) is 3. The lowest BCUT2D eigenvalue weighted by molar-refractivity contribution is -0.120. The third-order valence-electron chi connectivity index (χ3n) is 4.71. The van der Waals surface area contributed by atoms with Gasteiger partial charge in [-0.05, 0) is 44.0 Å². The van der Waals surface area contributed by atoms with Gasteiger partial charge in [-0.25, -0.2) is 0 Å². The van der Waals surface area contributed by atoms with Crippen molar-refractivity contribution in [2.45, 2.75) is 32.2 Å². The van der Waals surface area contributed by atoms with E-state index in [1.165, 1.54) is 5.56 Å². The Morgan fingerprint density at radius 1 is 1.43 bits per heavy atom. The number of para-hydroxylation sites is 1. The molecule has 0 aromatic heterocycles. The number of nitrogens with one attached hydrogen (secondary N) is 1. The quantitative estimate of drug-likeness (QED) is 0.914. The Bertz CT molecular complexity index is 497. The molecule has 1 N–H and O–H groups in total. The lowest BCUT2D eigenvalue weighted by atomic mass is 10.0. The Morgan fingerprint density at radius 2 is 2.29 bits per heavy atom. The molecule has 1 saturated heterocycles. The van der Waals surface area contributed by atoms with Gasteiger partial charge >= 0.3 is 0 Å². The lowest BCUT2D eigenvalue weighted by Crippen LogP contribution is -2.46. The molecule has 1 unspecified atom stereocenters. The monoisotopic (exact) mass is 287 g/mol. The molecular formula is C17H25N3O. The minimum absolute atomic E-state index is 0.246. The first-order chi connectivity index (χ1) is 10.3. The number of nitrogens with zero attached hydrogens (tertiary/aromatic N) is 2. The predicted molar refractivity (Wildman–Crippen MR) is 85.6 cm³/mol. The fraction of sp³-hybridized carbons (Fsp3) is 0.588. The largest absolute Gasteiger partial charge is 0.315 e. The molecule has 0 bridgehead atoms. The second-order valence-electron chi connectivity index (χ2n) is 5.99. The van der Waals surface area contributed by atoms with Crippen LogP contribution in [0, 0.1) is 0 Å². The molecule has 0 saturated carbocycles. The van der Waals surface area contributed by atoms with Crippen molar-refractivity contribution in [2.24, 2.45) is 0 Å². The molecule has 2 aliphatic heterocycles. The van der Waals surface area contributed by atoms with Gasteiger partial charge < -0.3 is 10.2 Å². The van der Waals surface area contributed by atoms with E-state index in [2.05, 4.69) is 35.3 Å². The van der Waals surface area contributed by atoms with Gasteiger partial charge in [0, 0.05) is 24.8 Å². The molecule has 2 aliphatic rings. The van der Waals surface area contributed by atoms with Crippen molar-refractivity contribution in [3.8, 4) is 0 Å². The van der Waals surface area contributed by atoms with Crippen LogP contribution in [0.5, 0.6) is 0 Å². The minimum Gasteiger partial charge on any atom is -0.315 e. The highest BCUT2D eigenvalue weighted by molar-refractivity contribution is 5.96. The third-order valence-corrected chi connectivity index (χ3v) is 4.71. The van der Waals surface area contributed by atoms with Crippen LogP contribution in [0.25, 0.3) is 0 Å². The zero-order chi connectivity index (χ0) is 14.7. The molecule has 0 radical (unpaired) electrons. The number of amides is 1. The number of carbonyl (C=O) groups excluding carboxylic acids is 1. The van der Waals surface area contributed by atoms with Crippen LogP contribution < -0.4 is 10.2 Å². The number of likely N-dealkylation sites (N-methyl/N-ethyl adjacent to an activating group) is 1. The lowest BCUT2D eigenvalue weighted by Gasteiger charge is -2.33. The normalized spacial score (nSPS) is 21.6. The molecule has 4 heteroatoms. The van der Waals surface area contributed by atoms with Gasteiger partial charge in [0.25, 0.3) is 0 Å². The zero-order valence-corrected chi connectivity index (χ0v) is 12.8. The molecule has 3 rings (SSSR count). The molecule has 0 aliphatic carbocycles. The number of benzene rings is 1. The average molecular weight is 287 g/mol. The van der Waals surface area contributed by atoms with E-state index in [-0.39, 0.29) is 5.91 Å². The molecule has 1 fully saturated rings. The maximum Gasteiger partial charge on any atom is 0.241 e. The Kier molecular flexibility index (Phi) is 4.56. The summed E-state index contributed by atoms with van der Waals surface area (Å²) in [5.74, 6) is 0.246. The number of rotatable bonds is 4. The first-order valence-electron chi connectivity index (χ1n) is 8.12. The van der Waals surface area contributed by atoms with Gasteiger partial charge in [0.05, 0.1) is 6.54 Å². The molecular weight excluding hydrogens is 262 g/mol. The molecule has 1 atom stereocenters. The van der Waals surface area contributed by atoms with E-state index in [0.29, 0.717) is 12.6 Å². The fourth-order valence-electron chi connectivity index (χ4n) is 3.50. The van der Waals surface area contributed by atoms with Crippen LogP contribution in [0.1, 0.15) is 25.3 Å². The van der Waals surface area contributed by atoms with E-state index in [4.69, 9.17) is 0 Å². The van der Waals surface area contributed by atoms with Crippen molar-refractivity contribution in [3.05, 3.63) is 29.8 Å². The highest BCUT2D eigenvalue weighted by Gasteiger charge is 2.27. The maximum atomic E-state index is 12.8. The smallest absolute Gasteiger partial charge is 0.241 e. The first-order valence-corrected chi connectivity index (χ1v) is 8.12. The number of hydrogen-bond donors (Lipinski definition) is 1. The summed E-state index contributed by atoms with van der Waals surface area (Å²) in [6.07, 6.45) is 3.31. The number of aryl methyl sites for hydroxylation is 1. The van der Waals surface area contributed by atoms with E-state index in [1.807, 2.05) is 11.0 Å². The van der Waals surface area contributed by atoms with Crippen LogP contribution >= 0.6 is 0 Å². The number of carbonyl (C=O) groups is 1. The first kappa shape index (κ1) is 14.5. The van der Waals surface area contributed by atoms with E-state index in [9.17, 15) is 4.79 Å². The summed E-state index contributed by atoms with van der Waals surface area (Å²) in [6.45, 7) is 6.57. The summed E-state index contributed by atoms with van der Waals surface area (Å²) in [6, 6.07) is 8.84. The summed E-state index contributed by atoms with van der Waals surface area (Å²) in [7, 11) is 0. The summed E-state index contributed by atoms with van der Waals surface area (Å²) in [5, 5.41) is 3.39. The van der Waals surface area contributed by atoms with E-state index in [0.717, 1.165) is 51.1 Å². The van der Waals surface area contributed by atoms with Crippen LogP contribution in [0.2, 0.25) is 0 Å². The van der Waals surface area contributed by atoms with Gasteiger partial charge in [-0.15, -0.1) is 0 Å². The topological polar surface area (TPSA) is 35.6 Å². The van der Waals surface area contributed by atoms with Gasteiger partial charge in [0.2, 0.25) is 5.91 Å². The molecule has 4 nitrogen and oxygen atoms in total. The summed E-state index contributed by atoms with van der Waals surface area (Å²) in [4.78, 5) is 17.1. The van der Waals surface area contributed by atoms with Crippen molar-refractivity contribution in [2.75, 3.05) is 37.6 Å². The fourth-order valence-corrected chi connectivity index (χ4v) is 3.50. The van der Waals surface area contributed by atoms with Crippen LogP contribution in [0.4, 0.5) is 5.69 Å². The number of fused-ring (bicyclic) bond motifs is 1. The molecule has 1 aromatic carbocycles. The van der Waals surface area contributed by atoms with Gasteiger partial charge in [-0.3, -0.25) is 9.69 Å². The molecule has 2 heterocycles. The molecule has 1 aromatic rings. The SMILES string of the molecule is CCN(CC(=O)N1CCCc2ccccc21)C1CCNC1. The van der Waals surface area contributed by atoms with Crippen molar-refractivity contribution >= 4 is 11.6 Å². The van der Waals surface area contributed by atoms with Gasteiger partial charge in [-0.2, -0.15) is 0 Å².